The predicted molar refractivity (Wildman–Crippen MR) is 233 cm³/mol. The van der Waals surface area contributed by atoms with Crippen LogP contribution in [0.1, 0.15) is 0 Å². The third-order valence-electron chi connectivity index (χ3n) is 10.5. The Labute approximate surface area is 327 Å². The van der Waals surface area contributed by atoms with Crippen molar-refractivity contribution in [2.24, 2.45) is 0 Å². The summed E-state index contributed by atoms with van der Waals surface area (Å²) >= 11 is 1.83. The molecule has 0 radical (unpaired) electrons. The van der Waals surface area contributed by atoms with Crippen LogP contribution in [0.2, 0.25) is 0 Å². The Morgan fingerprint density at radius 2 is 0.857 bits per heavy atom. The van der Waals surface area contributed by atoms with Gasteiger partial charge in [0.25, 0.3) is 0 Å². The lowest BCUT2D eigenvalue weighted by molar-refractivity contribution is 0.669. The zero-order chi connectivity index (χ0) is 37.0. The Morgan fingerprint density at radius 1 is 0.321 bits per heavy atom. The summed E-state index contributed by atoms with van der Waals surface area (Å²) in [6.45, 7) is 0. The standard InChI is InChI=1S/C51H31N3OS/c1-3-13-32(14-4-1)34-17-11-19-37(27-34)49-52-50(38-20-12-18-35(28-38)33-15-5-2-6-16-33)54-51(53-49)39-30-42(48-41-22-7-9-23-44(41)55-45(48)31-39)36-25-26-47-43(29-36)40-21-8-10-24-46(40)56-47/h1-31H. The zero-order valence-corrected chi connectivity index (χ0v) is 30.9. The van der Waals surface area contributed by atoms with Crippen LogP contribution in [-0.4, -0.2) is 15.0 Å². The number of hydrogen-bond donors (Lipinski definition) is 0. The Hall–Kier alpha value is -7.21. The van der Waals surface area contributed by atoms with Crippen molar-refractivity contribution in [2.75, 3.05) is 0 Å². The van der Waals surface area contributed by atoms with E-state index in [1.54, 1.807) is 0 Å². The minimum absolute atomic E-state index is 0.575. The molecule has 0 aliphatic heterocycles. The van der Waals surface area contributed by atoms with E-state index in [-0.39, 0.29) is 0 Å². The molecule has 5 heteroatoms. The van der Waals surface area contributed by atoms with Gasteiger partial charge in [0, 0.05) is 47.6 Å². The second-order valence-corrected chi connectivity index (χ2v) is 15.1. The molecule has 3 heterocycles. The number of para-hydroxylation sites is 1. The van der Waals surface area contributed by atoms with Crippen LogP contribution in [0.25, 0.3) is 110 Å². The highest BCUT2D eigenvalue weighted by molar-refractivity contribution is 7.25. The second kappa shape index (κ2) is 13.3. The fourth-order valence-corrected chi connectivity index (χ4v) is 8.89. The van der Waals surface area contributed by atoms with Gasteiger partial charge in [0.05, 0.1) is 0 Å². The van der Waals surface area contributed by atoms with Crippen molar-refractivity contribution in [3.05, 3.63) is 188 Å². The first-order valence-corrected chi connectivity index (χ1v) is 19.5. The van der Waals surface area contributed by atoms with Crippen molar-refractivity contribution < 1.29 is 4.42 Å². The fraction of sp³-hybridized carbons (Fsp3) is 0. The number of thiophene rings is 1. The molecule has 56 heavy (non-hydrogen) atoms. The first-order valence-electron chi connectivity index (χ1n) is 18.7. The van der Waals surface area contributed by atoms with Gasteiger partial charge >= 0.3 is 0 Å². The molecule has 0 aliphatic carbocycles. The Bertz CT molecular complexity index is 3160. The number of rotatable bonds is 6. The van der Waals surface area contributed by atoms with Gasteiger partial charge in [-0.3, -0.25) is 0 Å². The molecule has 0 fully saturated rings. The van der Waals surface area contributed by atoms with E-state index in [9.17, 15) is 0 Å². The first-order chi connectivity index (χ1) is 27.7. The number of furan rings is 1. The van der Waals surface area contributed by atoms with E-state index in [2.05, 4.69) is 164 Å². The largest absolute Gasteiger partial charge is 0.456 e. The van der Waals surface area contributed by atoms with Crippen molar-refractivity contribution in [2.45, 2.75) is 0 Å². The van der Waals surface area contributed by atoms with E-state index < -0.39 is 0 Å². The Kier molecular flexibility index (Phi) is 7.64. The van der Waals surface area contributed by atoms with Crippen LogP contribution in [0.4, 0.5) is 0 Å². The molecule has 262 valence electrons. The first kappa shape index (κ1) is 32.2. The summed E-state index contributed by atoms with van der Waals surface area (Å²) in [6.07, 6.45) is 0. The summed E-state index contributed by atoms with van der Waals surface area (Å²) < 4.78 is 9.16. The lowest BCUT2D eigenvalue weighted by atomic mass is 9.95. The minimum atomic E-state index is 0.575. The van der Waals surface area contributed by atoms with Crippen LogP contribution in [0, 0.1) is 0 Å². The van der Waals surface area contributed by atoms with Gasteiger partial charge in [-0.05, 0) is 81.9 Å². The molecule has 11 aromatic rings. The van der Waals surface area contributed by atoms with Crippen LogP contribution in [0.15, 0.2) is 192 Å². The average molecular weight is 734 g/mol. The molecule has 0 saturated carbocycles. The van der Waals surface area contributed by atoms with Gasteiger partial charge in [0.1, 0.15) is 11.2 Å². The predicted octanol–water partition coefficient (Wildman–Crippen LogP) is 14.1. The number of benzene rings is 8. The van der Waals surface area contributed by atoms with Gasteiger partial charge < -0.3 is 4.42 Å². The van der Waals surface area contributed by atoms with Gasteiger partial charge in [0.2, 0.25) is 0 Å². The van der Waals surface area contributed by atoms with Crippen molar-refractivity contribution >= 4 is 53.4 Å². The minimum Gasteiger partial charge on any atom is -0.456 e. The summed E-state index contributed by atoms with van der Waals surface area (Å²) in [4.78, 5) is 15.6. The molecule has 0 aliphatic rings. The maximum absolute atomic E-state index is 6.61. The van der Waals surface area contributed by atoms with E-state index in [0.29, 0.717) is 17.5 Å². The Balaban J connectivity index is 1.15. The van der Waals surface area contributed by atoms with Crippen molar-refractivity contribution in [3.8, 4) is 67.5 Å². The second-order valence-electron chi connectivity index (χ2n) is 14.0. The van der Waals surface area contributed by atoms with Crippen molar-refractivity contribution in [1.29, 1.82) is 0 Å². The lowest BCUT2D eigenvalue weighted by Gasteiger charge is -2.12. The molecule has 4 nitrogen and oxygen atoms in total. The highest BCUT2D eigenvalue weighted by atomic mass is 32.1. The lowest BCUT2D eigenvalue weighted by Crippen LogP contribution is -2.01. The van der Waals surface area contributed by atoms with E-state index in [1.165, 1.54) is 20.2 Å². The molecular formula is C51H31N3OS. The molecule has 0 amide bonds. The maximum Gasteiger partial charge on any atom is 0.164 e. The van der Waals surface area contributed by atoms with Crippen LogP contribution < -0.4 is 0 Å². The normalized spacial score (nSPS) is 11.6. The van der Waals surface area contributed by atoms with Gasteiger partial charge in [0.15, 0.2) is 17.5 Å². The molecule has 0 bridgehead atoms. The van der Waals surface area contributed by atoms with Crippen LogP contribution in [-0.2, 0) is 0 Å². The summed E-state index contributed by atoms with van der Waals surface area (Å²) in [5, 5.41) is 4.66. The third kappa shape index (κ3) is 5.65. The number of fused-ring (bicyclic) bond motifs is 6. The van der Waals surface area contributed by atoms with Gasteiger partial charge in [-0.25, -0.2) is 15.0 Å². The SMILES string of the molecule is c1ccc(-c2cccc(-c3nc(-c4cccc(-c5ccccc5)c4)nc(-c4cc(-c5ccc6sc7ccccc7c6c5)c5c(c4)oc4ccccc45)n3)c2)cc1. The van der Waals surface area contributed by atoms with Crippen LogP contribution in [0.3, 0.4) is 0 Å². The molecule has 8 aromatic carbocycles. The summed E-state index contributed by atoms with van der Waals surface area (Å²) in [5.41, 5.74) is 10.9. The summed E-state index contributed by atoms with van der Waals surface area (Å²) in [6, 6.07) is 65.7. The van der Waals surface area contributed by atoms with Gasteiger partial charge in [-0.2, -0.15) is 0 Å². The highest BCUT2D eigenvalue weighted by Crippen LogP contribution is 2.43. The fourth-order valence-electron chi connectivity index (χ4n) is 7.80. The molecule has 0 unspecified atom stereocenters. The molecule has 3 aromatic heterocycles. The Morgan fingerprint density at radius 3 is 1.54 bits per heavy atom. The molecular weight excluding hydrogens is 703 g/mol. The van der Waals surface area contributed by atoms with E-state index in [1.807, 2.05) is 35.6 Å². The van der Waals surface area contributed by atoms with Crippen LogP contribution in [0.5, 0.6) is 0 Å². The van der Waals surface area contributed by atoms with Gasteiger partial charge in [-0.15, -0.1) is 11.3 Å². The van der Waals surface area contributed by atoms with E-state index >= 15 is 0 Å². The number of aromatic nitrogens is 3. The topological polar surface area (TPSA) is 51.8 Å². The molecule has 0 N–H and O–H groups in total. The molecule has 0 spiro atoms. The summed E-state index contributed by atoms with van der Waals surface area (Å²) in [7, 11) is 0. The monoisotopic (exact) mass is 733 g/mol. The zero-order valence-electron chi connectivity index (χ0n) is 30.1. The third-order valence-corrected chi connectivity index (χ3v) is 11.7. The summed E-state index contributed by atoms with van der Waals surface area (Å²) in [5.74, 6) is 1.78. The number of nitrogens with zero attached hydrogens (tertiary/aromatic N) is 3. The van der Waals surface area contributed by atoms with Crippen molar-refractivity contribution in [3.63, 3.8) is 0 Å². The van der Waals surface area contributed by atoms with E-state index in [0.717, 1.165) is 72.0 Å². The van der Waals surface area contributed by atoms with Gasteiger partial charge in [-0.1, -0.05) is 140 Å². The highest BCUT2D eigenvalue weighted by Gasteiger charge is 2.20. The van der Waals surface area contributed by atoms with Crippen molar-refractivity contribution in [1.82, 2.24) is 15.0 Å². The molecule has 0 atom stereocenters. The smallest absolute Gasteiger partial charge is 0.164 e. The molecule has 0 saturated heterocycles. The molecule has 11 rings (SSSR count). The quantitative estimate of drug-likeness (QED) is 0.171. The van der Waals surface area contributed by atoms with Crippen LogP contribution >= 0.6 is 11.3 Å². The maximum atomic E-state index is 6.61. The average Bonchev–Trinajstić information content (AvgIpc) is 3.85. The van der Waals surface area contributed by atoms with E-state index in [4.69, 9.17) is 19.4 Å². The number of hydrogen-bond acceptors (Lipinski definition) is 5.